The fraction of sp³-hybridized carbons (Fsp3) is 0. The normalized spacial score (nSPS) is 11.6. The standard InChI is InChI=1S/C45H27N3O2/c1-3-10-28(11-4-1)29-18-20-31(21-19-29)44-46-43(30-12-5-2-6-13-30)47-45(48-44)37-16-9-15-36-38-26-32(23-25-40(38)50-42(36)37)33-22-24-35-34-14-7-8-17-39(34)49-41(35)27-33/h1-27H. The monoisotopic (exact) mass is 641 g/mol. The predicted octanol–water partition coefficient (Wildman–Crippen LogP) is 12.0. The van der Waals surface area contributed by atoms with Crippen molar-refractivity contribution in [3.8, 4) is 56.4 Å². The van der Waals surface area contributed by atoms with Gasteiger partial charge in [0.25, 0.3) is 0 Å². The van der Waals surface area contributed by atoms with Crippen LogP contribution >= 0.6 is 0 Å². The summed E-state index contributed by atoms with van der Waals surface area (Å²) in [5.41, 5.74) is 10.4. The number of furan rings is 2. The molecule has 0 atom stereocenters. The Kier molecular flexibility index (Phi) is 6.42. The minimum Gasteiger partial charge on any atom is -0.456 e. The van der Waals surface area contributed by atoms with Crippen LogP contribution in [0.25, 0.3) is 100 Å². The molecule has 234 valence electrons. The van der Waals surface area contributed by atoms with Gasteiger partial charge in [0, 0.05) is 32.7 Å². The maximum Gasteiger partial charge on any atom is 0.167 e. The lowest BCUT2D eigenvalue weighted by Crippen LogP contribution is -2.00. The second-order valence-corrected chi connectivity index (χ2v) is 12.4. The van der Waals surface area contributed by atoms with E-state index in [9.17, 15) is 0 Å². The zero-order valence-corrected chi connectivity index (χ0v) is 26.7. The number of hydrogen-bond acceptors (Lipinski definition) is 5. The Morgan fingerprint density at radius 1 is 0.300 bits per heavy atom. The lowest BCUT2D eigenvalue weighted by atomic mass is 10.0. The zero-order chi connectivity index (χ0) is 33.0. The molecule has 0 unspecified atom stereocenters. The van der Waals surface area contributed by atoms with E-state index in [1.54, 1.807) is 0 Å². The van der Waals surface area contributed by atoms with Crippen LogP contribution in [0.5, 0.6) is 0 Å². The van der Waals surface area contributed by atoms with Crippen molar-refractivity contribution in [3.05, 3.63) is 164 Å². The third-order valence-corrected chi connectivity index (χ3v) is 9.37. The first-order valence-electron chi connectivity index (χ1n) is 16.6. The molecule has 0 saturated carbocycles. The average molecular weight is 642 g/mol. The van der Waals surface area contributed by atoms with E-state index in [0.29, 0.717) is 17.5 Å². The van der Waals surface area contributed by atoms with E-state index in [-0.39, 0.29) is 0 Å². The molecule has 7 aromatic carbocycles. The summed E-state index contributed by atoms with van der Waals surface area (Å²) in [5.74, 6) is 1.76. The maximum absolute atomic E-state index is 6.58. The second-order valence-electron chi connectivity index (χ2n) is 12.4. The molecular formula is C45H27N3O2. The molecule has 0 N–H and O–H groups in total. The van der Waals surface area contributed by atoms with E-state index in [2.05, 4.69) is 78.9 Å². The van der Waals surface area contributed by atoms with Crippen molar-refractivity contribution in [3.63, 3.8) is 0 Å². The third-order valence-electron chi connectivity index (χ3n) is 9.37. The smallest absolute Gasteiger partial charge is 0.167 e. The van der Waals surface area contributed by atoms with E-state index in [1.807, 2.05) is 84.9 Å². The van der Waals surface area contributed by atoms with E-state index >= 15 is 0 Å². The number of aromatic nitrogens is 3. The van der Waals surface area contributed by atoms with Crippen LogP contribution in [0.1, 0.15) is 0 Å². The Bertz CT molecular complexity index is 2850. The van der Waals surface area contributed by atoms with Gasteiger partial charge in [-0.15, -0.1) is 0 Å². The Labute approximate surface area is 287 Å². The van der Waals surface area contributed by atoms with E-state index in [4.69, 9.17) is 23.8 Å². The molecular weight excluding hydrogens is 615 g/mol. The molecule has 10 aromatic rings. The van der Waals surface area contributed by atoms with Crippen LogP contribution < -0.4 is 0 Å². The summed E-state index contributed by atoms with van der Waals surface area (Å²) >= 11 is 0. The largest absolute Gasteiger partial charge is 0.456 e. The summed E-state index contributed by atoms with van der Waals surface area (Å²) in [5, 5.41) is 4.26. The van der Waals surface area contributed by atoms with Crippen LogP contribution in [0.4, 0.5) is 0 Å². The fourth-order valence-electron chi connectivity index (χ4n) is 6.84. The summed E-state index contributed by atoms with van der Waals surface area (Å²) in [7, 11) is 0. The molecule has 0 amide bonds. The van der Waals surface area contributed by atoms with E-state index in [1.165, 1.54) is 0 Å². The highest BCUT2D eigenvalue weighted by atomic mass is 16.3. The maximum atomic E-state index is 6.58. The SMILES string of the molecule is c1ccc(-c2ccc(-c3nc(-c4ccccc4)nc(-c4cccc5c4oc4ccc(-c6ccc7c(c6)oc6ccccc67)cc45)n3)cc2)cc1. The van der Waals surface area contributed by atoms with Crippen LogP contribution in [-0.4, -0.2) is 15.0 Å². The van der Waals surface area contributed by atoms with Crippen LogP contribution in [-0.2, 0) is 0 Å². The first kappa shape index (κ1) is 28.2. The summed E-state index contributed by atoms with van der Waals surface area (Å²) in [4.78, 5) is 15.0. The number of hydrogen-bond donors (Lipinski definition) is 0. The van der Waals surface area contributed by atoms with E-state index in [0.717, 1.165) is 82.8 Å². The molecule has 0 fully saturated rings. The molecule has 5 nitrogen and oxygen atoms in total. The number of fused-ring (bicyclic) bond motifs is 6. The molecule has 0 aliphatic heterocycles. The van der Waals surface area contributed by atoms with Gasteiger partial charge in [0.15, 0.2) is 17.5 Å². The predicted molar refractivity (Wildman–Crippen MR) is 202 cm³/mol. The van der Waals surface area contributed by atoms with Crippen LogP contribution in [0, 0.1) is 0 Å². The van der Waals surface area contributed by atoms with Gasteiger partial charge in [-0.25, -0.2) is 15.0 Å². The van der Waals surface area contributed by atoms with Gasteiger partial charge < -0.3 is 8.83 Å². The van der Waals surface area contributed by atoms with Crippen LogP contribution in [0.2, 0.25) is 0 Å². The second kappa shape index (κ2) is 11.4. The van der Waals surface area contributed by atoms with Crippen LogP contribution in [0.3, 0.4) is 0 Å². The van der Waals surface area contributed by atoms with Crippen molar-refractivity contribution in [2.45, 2.75) is 0 Å². The van der Waals surface area contributed by atoms with Gasteiger partial charge >= 0.3 is 0 Å². The zero-order valence-electron chi connectivity index (χ0n) is 26.7. The topological polar surface area (TPSA) is 65.0 Å². The van der Waals surface area contributed by atoms with Crippen molar-refractivity contribution in [2.24, 2.45) is 0 Å². The summed E-state index contributed by atoms with van der Waals surface area (Å²) in [6, 6.07) is 55.8. The Morgan fingerprint density at radius 2 is 0.840 bits per heavy atom. The molecule has 10 rings (SSSR count). The molecule has 5 heteroatoms. The molecule has 0 aliphatic carbocycles. The highest BCUT2D eigenvalue weighted by molar-refractivity contribution is 6.11. The van der Waals surface area contributed by atoms with Gasteiger partial charge in [-0.2, -0.15) is 0 Å². The molecule has 0 radical (unpaired) electrons. The van der Waals surface area contributed by atoms with Gasteiger partial charge in [-0.1, -0.05) is 127 Å². The highest BCUT2D eigenvalue weighted by Gasteiger charge is 2.18. The quantitative estimate of drug-likeness (QED) is 0.187. The van der Waals surface area contributed by atoms with Gasteiger partial charge in [-0.05, 0) is 58.7 Å². The number of para-hydroxylation sites is 2. The third kappa shape index (κ3) is 4.75. The highest BCUT2D eigenvalue weighted by Crippen LogP contribution is 2.39. The van der Waals surface area contributed by atoms with Crippen molar-refractivity contribution >= 4 is 43.9 Å². The van der Waals surface area contributed by atoms with Crippen molar-refractivity contribution in [1.29, 1.82) is 0 Å². The number of rotatable bonds is 5. The van der Waals surface area contributed by atoms with E-state index < -0.39 is 0 Å². The molecule has 3 aromatic heterocycles. The van der Waals surface area contributed by atoms with Crippen LogP contribution in [0.15, 0.2) is 173 Å². The van der Waals surface area contributed by atoms with Crippen molar-refractivity contribution in [1.82, 2.24) is 15.0 Å². The number of nitrogens with zero attached hydrogens (tertiary/aromatic N) is 3. The van der Waals surface area contributed by atoms with Crippen molar-refractivity contribution < 1.29 is 8.83 Å². The van der Waals surface area contributed by atoms with Gasteiger partial charge in [0.05, 0.1) is 5.56 Å². The summed E-state index contributed by atoms with van der Waals surface area (Å²) < 4.78 is 12.8. The molecule has 50 heavy (non-hydrogen) atoms. The molecule has 0 saturated heterocycles. The summed E-state index contributed by atoms with van der Waals surface area (Å²) in [6.45, 7) is 0. The molecule has 0 spiro atoms. The molecule has 0 aliphatic rings. The minimum atomic E-state index is 0.557. The number of benzene rings is 7. The lowest BCUT2D eigenvalue weighted by Gasteiger charge is -2.09. The Balaban J connectivity index is 1.09. The Hall–Kier alpha value is -6.85. The Morgan fingerprint density at radius 3 is 1.64 bits per heavy atom. The minimum absolute atomic E-state index is 0.557. The summed E-state index contributed by atoms with van der Waals surface area (Å²) in [6.07, 6.45) is 0. The first-order chi connectivity index (χ1) is 24.7. The lowest BCUT2D eigenvalue weighted by molar-refractivity contribution is 0.669. The molecule has 0 bridgehead atoms. The average Bonchev–Trinajstić information content (AvgIpc) is 3.76. The van der Waals surface area contributed by atoms with Crippen molar-refractivity contribution in [2.75, 3.05) is 0 Å². The van der Waals surface area contributed by atoms with Gasteiger partial charge in [0.1, 0.15) is 22.3 Å². The molecule has 3 heterocycles. The van der Waals surface area contributed by atoms with Gasteiger partial charge in [0.2, 0.25) is 0 Å². The first-order valence-corrected chi connectivity index (χ1v) is 16.6. The fourth-order valence-corrected chi connectivity index (χ4v) is 6.84. The van der Waals surface area contributed by atoms with Gasteiger partial charge in [-0.3, -0.25) is 0 Å².